The predicted molar refractivity (Wildman–Crippen MR) is 114 cm³/mol. The summed E-state index contributed by atoms with van der Waals surface area (Å²) in [6.07, 6.45) is 0. The highest BCUT2D eigenvalue weighted by molar-refractivity contribution is 5.91. The molecule has 0 aliphatic heterocycles. The van der Waals surface area contributed by atoms with Crippen LogP contribution in [0.4, 0.5) is 0 Å². The molecule has 11 heteroatoms. The van der Waals surface area contributed by atoms with Crippen molar-refractivity contribution in [1.29, 1.82) is 0 Å². The van der Waals surface area contributed by atoms with E-state index in [1.165, 1.54) is 50.2 Å². The fourth-order valence-electron chi connectivity index (χ4n) is 3.08. The van der Waals surface area contributed by atoms with Crippen molar-refractivity contribution >= 4 is 34.8 Å². The average Bonchev–Trinajstić information content (AvgIpc) is 2.72. The summed E-state index contributed by atoms with van der Waals surface area (Å²) in [7, 11) is 0. The number of hydrogen-bond donors (Lipinski definition) is 1. The number of nitrogens with zero attached hydrogens (tertiary/aromatic N) is 1. The number of ether oxygens (including phenoxy) is 4. The van der Waals surface area contributed by atoms with E-state index >= 15 is 0 Å². The summed E-state index contributed by atoms with van der Waals surface area (Å²) in [6.45, 7) is 4.71. The Labute approximate surface area is 192 Å². The first-order valence-corrected chi connectivity index (χ1v) is 9.76. The van der Waals surface area contributed by atoms with Crippen LogP contribution in [0.3, 0.4) is 0 Å². The van der Waals surface area contributed by atoms with Gasteiger partial charge in [-0.1, -0.05) is 5.16 Å². The number of carbonyl (C=O) groups is 4. The third kappa shape index (κ3) is 5.38. The van der Waals surface area contributed by atoms with Crippen molar-refractivity contribution in [3.8, 4) is 34.3 Å². The molecule has 0 aliphatic carbocycles. The van der Waals surface area contributed by atoms with E-state index in [0.29, 0.717) is 5.56 Å². The Balaban J connectivity index is 2.37. The van der Waals surface area contributed by atoms with Crippen LogP contribution in [-0.2, 0) is 19.2 Å². The molecule has 1 aromatic heterocycles. The zero-order valence-corrected chi connectivity index (χ0v) is 18.5. The molecular formula is C23H19NO10. The maximum Gasteiger partial charge on any atom is 0.308 e. The van der Waals surface area contributed by atoms with Gasteiger partial charge in [-0.2, -0.15) is 0 Å². The van der Waals surface area contributed by atoms with Crippen molar-refractivity contribution < 1.29 is 47.8 Å². The van der Waals surface area contributed by atoms with Gasteiger partial charge in [0.15, 0.2) is 11.1 Å². The Kier molecular flexibility index (Phi) is 6.95. The average molecular weight is 469 g/mol. The van der Waals surface area contributed by atoms with Crippen LogP contribution >= 0.6 is 0 Å². The highest BCUT2D eigenvalue weighted by atomic mass is 16.6. The minimum atomic E-state index is -0.747. The molecule has 0 radical (unpaired) electrons. The second kappa shape index (κ2) is 9.86. The van der Waals surface area contributed by atoms with E-state index in [2.05, 4.69) is 5.16 Å². The minimum absolute atomic E-state index is 0.0136. The summed E-state index contributed by atoms with van der Waals surface area (Å²) in [5.74, 6) is -2.85. The van der Waals surface area contributed by atoms with E-state index in [9.17, 15) is 24.4 Å². The number of carbonyl (C=O) groups excluding carboxylic acids is 4. The first-order chi connectivity index (χ1) is 16.1. The molecule has 1 heterocycles. The second-order valence-corrected chi connectivity index (χ2v) is 6.90. The zero-order valence-electron chi connectivity index (χ0n) is 18.5. The van der Waals surface area contributed by atoms with Crippen molar-refractivity contribution in [2.24, 2.45) is 5.16 Å². The third-order valence-corrected chi connectivity index (χ3v) is 4.15. The Hall–Kier alpha value is -4.67. The van der Waals surface area contributed by atoms with Gasteiger partial charge < -0.3 is 28.6 Å². The Bertz CT molecular complexity index is 1370. The first-order valence-electron chi connectivity index (χ1n) is 9.76. The van der Waals surface area contributed by atoms with Gasteiger partial charge in [-0.15, -0.1) is 0 Å². The SMILES string of the molecule is CC(=O)Oc1ccc(-c2oc3cc(OC(C)=O)cc(OC(C)=O)c3/c(=N/O)c2OC(C)=O)cc1. The van der Waals surface area contributed by atoms with Crippen LogP contribution in [0, 0.1) is 0 Å². The lowest BCUT2D eigenvalue weighted by molar-refractivity contribution is -0.133. The Morgan fingerprint density at radius 3 is 1.85 bits per heavy atom. The van der Waals surface area contributed by atoms with Crippen molar-refractivity contribution in [2.75, 3.05) is 0 Å². The van der Waals surface area contributed by atoms with Crippen molar-refractivity contribution in [1.82, 2.24) is 0 Å². The van der Waals surface area contributed by atoms with E-state index < -0.39 is 23.9 Å². The van der Waals surface area contributed by atoms with Crippen molar-refractivity contribution in [3.63, 3.8) is 0 Å². The van der Waals surface area contributed by atoms with Gasteiger partial charge in [0.1, 0.15) is 22.8 Å². The number of esters is 4. The van der Waals surface area contributed by atoms with E-state index in [4.69, 9.17) is 23.4 Å². The van der Waals surface area contributed by atoms with Crippen LogP contribution in [0.15, 0.2) is 46.0 Å². The van der Waals surface area contributed by atoms with Crippen molar-refractivity contribution in [3.05, 3.63) is 41.8 Å². The van der Waals surface area contributed by atoms with Gasteiger partial charge in [0.05, 0.1) is 5.39 Å². The normalized spacial score (nSPS) is 11.1. The summed E-state index contributed by atoms with van der Waals surface area (Å²) in [4.78, 5) is 46.1. The molecule has 1 N–H and O–H groups in total. The molecule has 0 saturated heterocycles. The molecule has 176 valence electrons. The molecule has 3 aromatic rings. The van der Waals surface area contributed by atoms with Gasteiger partial charge >= 0.3 is 23.9 Å². The summed E-state index contributed by atoms with van der Waals surface area (Å²) in [5.41, 5.74) is 0.337. The van der Waals surface area contributed by atoms with Crippen LogP contribution in [0.25, 0.3) is 22.3 Å². The summed E-state index contributed by atoms with van der Waals surface area (Å²) >= 11 is 0. The number of hydrogen-bond acceptors (Lipinski definition) is 11. The lowest BCUT2D eigenvalue weighted by Gasteiger charge is -2.14. The molecule has 0 aliphatic rings. The molecule has 3 rings (SSSR count). The maximum absolute atomic E-state index is 11.8. The molecule has 0 atom stereocenters. The van der Waals surface area contributed by atoms with Crippen LogP contribution in [-0.4, -0.2) is 29.1 Å². The Morgan fingerprint density at radius 1 is 0.765 bits per heavy atom. The number of fused-ring (bicyclic) bond motifs is 1. The molecule has 0 saturated carbocycles. The quantitative estimate of drug-likeness (QED) is 0.255. The van der Waals surface area contributed by atoms with Gasteiger partial charge in [0.2, 0.25) is 5.75 Å². The Morgan fingerprint density at radius 2 is 1.32 bits per heavy atom. The zero-order chi connectivity index (χ0) is 25.0. The molecule has 2 aromatic carbocycles. The summed E-state index contributed by atoms with van der Waals surface area (Å²) < 4.78 is 26.5. The van der Waals surface area contributed by atoms with Gasteiger partial charge in [-0.05, 0) is 24.3 Å². The van der Waals surface area contributed by atoms with Gasteiger partial charge in [0.25, 0.3) is 0 Å². The van der Waals surface area contributed by atoms with E-state index in [1.54, 1.807) is 0 Å². The van der Waals surface area contributed by atoms with E-state index in [0.717, 1.165) is 13.8 Å². The highest BCUT2D eigenvalue weighted by Gasteiger charge is 2.23. The molecule has 34 heavy (non-hydrogen) atoms. The number of rotatable bonds is 5. The lowest BCUT2D eigenvalue weighted by atomic mass is 10.1. The standard InChI is InChI=1S/C23H19NO10/c1-11(25)30-16-7-5-15(6-8-16)22-23(33-14(4)28)21(24-29)20-18(32-13(3)27)9-17(31-12(2)26)10-19(20)34-22/h5-10,29H,1-4H3/b24-21-. The van der Waals surface area contributed by atoms with Gasteiger partial charge in [0, 0.05) is 45.4 Å². The van der Waals surface area contributed by atoms with Gasteiger partial charge in [-0.3, -0.25) is 19.2 Å². The van der Waals surface area contributed by atoms with Gasteiger partial charge in [-0.25, -0.2) is 0 Å². The molecule has 0 bridgehead atoms. The molecule has 0 amide bonds. The van der Waals surface area contributed by atoms with E-state index in [-0.39, 0.29) is 45.1 Å². The first kappa shape index (κ1) is 24.0. The van der Waals surface area contributed by atoms with Crippen LogP contribution < -0.4 is 24.3 Å². The van der Waals surface area contributed by atoms with Crippen LogP contribution in [0.1, 0.15) is 27.7 Å². The topological polar surface area (TPSA) is 151 Å². The smallest absolute Gasteiger partial charge is 0.308 e. The summed E-state index contributed by atoms with van der Waals surface area (Å²) in [6, 6.07) is 8.51. The monoisotopic (exact) mass is 469 g/mol. The van der Waals surface area contributed by atoms with Crippen LogP contribution in [0.5, 0.6) is 23.0 Å². The second-order valence-electron chi connectivity index (χ2n) is 6.90. The predicted octanol–water partition coefficient (Wildman–Crippen LogP) is 3.09. The highest BCUT2D eigenvalue weighted by Crippen LogP contribution is 2.37. The van der Waals surface area contributed by atoms with E-state index in [1.807, 2.05) is 0 Å². The van der Waals surface area contributed by atoms with Crippen molar-refractivity contribution in [2.45, 2.75) is 27.7 Å². The molecule has 0 fully saturated rings. The molecular weight excluding hydrogens is 450 g/mol. The minimum Gasteiger partial charge on any atom is -0.452 e. The van der Waals surface area contributed by atoms with Crippen LogP contribution in [0.2, 0.25) is 0 Å². The third-order valence-electron chi connectivity index (χ3n) is 4.15. The number of benzene rings is 2. The molecule has 11 nitrogen and oxygen atoms in total. The maximum atomic E-state index is 11.8. The molecule has 0 spiro atoms. The largest absolute Gasteiger partial charge is 0.452 e. The molecule has 0 unspecified atom stereocenters. The summed E-state index contributed by atoms with van der Waals surface area (Å²) in [5, 5.41) is 12.8. The lowest BCUT2D eigenvalue weighted by Crippen LogP contribution is -2.16. The fraction of sp³-hybridized carbons (Fsp3) is 0.174. The fourth-order valence-corrected chi connectivity index (χ4v) is 3.08.